The van der Waals surface area contributed by atoms with Gasteiger partial charge in [0.1, 0.15) is 36.2 Å². The fourth-order valence-electron chi connectivity index (χ4n) is 13.2. The summed E-state index contributed by atoms with van der Waals surface area (Å²) in [5, 5.41) is 34.5. The van der Waals surface area contributed by atoms with Gasteiger partial charge in [0.25, 0.3) is 11.7 Å². The van der Waals surface area contributed by atoms with Gasteiger partial charge in [-0.05, 0) is 143 Å². The minimum Gasteiger partial charge on any atom is -0.460 e. The highest BCUT2D eigenvalue weighted by atomic mass is 28.4. The smallest absolute Gasteiger partial charge is 0.329 e. The predicted molar refractivity (Wildman–Crippen MR) is 320 cm³/mol. The van der Waals surface area contributed by atoms with Crippen molar-refractivity contribution in [2.24, 2.45) is 35.5 Å². The molecule has 18 heteroatoms. The van der Waals surface area contributed by atoms with Gasteiger partial charge in [-0.15, -0.1) is 0 Å². The Hall–Kier alpha value is -2.76. The second-order valence-electron chi connectivity index (χ2n) is 24.9. The number of fused-ring (bicyclic) bond motifs is 3. The summed E-state index contributed by atoms with van der Waals surface area (Å²) in [4.78, 5) is 74.7. The molecule has 4 aliphatic rings. The molecule has 0 aromatic carbocycles. The largest absolute Gasteiger partial charge is 0.460 e. The fourth-order valence-corrected chi connectivity index (χ4v) is 19.0. The number of cyclic esters (lactones) is 1. The number of ketones is 3. The molecule has 4 rings (SSSR count). The monoisotopic (exact) mass is 1180 g/mol. The van der Waals surface area contributed by atoms with Crippen molar-refractivity contribution in [3.63, 3.8) is 0 Å². The molecule has 0 unspecified atom stereocenters. The van der Waals surface area contributed by atoms with E-state index in [1.54, 1.807) is 27.0 Å². The van der Waals surface area contributed by atoms with Crippen LogP contribution in [0.1, 0.15) is 167 Å². The highest BCUT2D eigenvalue weighted by Crippen LogP contribution is 2.40. The number of piperidine rings is 1. The normalized spacial score (nSPS) is 36.3. The number of hydrogen-bond donors (Lipinski definition) is 3. The summed E-state index contributed by atoms with van der Waals surface area (Å²) in [6, 6.07) is 4.38. The number of methoxy groups -OCH3 is 3. The first-order valence-corrected chi connectivity index (χ1v) is 36.2. The summed E-state index contributed by atoms with van der Waals surface area (Å²) >= 11 is 0. The van der Waals surface area contributed by atoms with Crippen molar-refractivity contribution in [2.75, 3.05) is 27.9 Å². The van der Waals surface area contributed by atoms with E-state index in [0.29, 0.717) is 49.7 Å². The van der Waals surface area contributed by atoms with E-state index >= 15 is 0 Å². The molecule has 2 bridgehead atoms. The van der Waals surface area contributed by atoms with Gasteiger partial charge in [0, 0.05) is 58.5 Å². The Morgan fingerprint density at radius 3 is 1.93 bits per heavy atom. The lowest BCUT2D eigenvalue weighted by Gasteiger charge is -2.43. The van der Waals surface area contributed by atoms with Crippen molar-refractivity contribution >= 4 is 45.9 Å². The Morgan fingerprint density at radius 2 is 1.33 bits per heavy atom. The second-order valence-corrected chi connectivity index (χ2v) is 34.3. The van der Waals surface area contributed by atoms with Gasteiger partial charge in [0.15, 0.2) is 22.4 Å². The first kappa shape index (κ1) is 70.7. The van der Waals surface area contributed by atoms with Gasteiger partial charge in [-0.25, -0.2) is 4.79 Å². The van der Waals surface area contributed by atoms with Crippen molar-refractivity contribution in [3.8, 4) is 0 Å². The lowest BCUT2D eigenvalue weighted by Crippen LogP contribution is -2.61. The van der Waals surface area contributed by atoms with Gasteiger partial charge in [0.05, 0.1) is 30.5 Å². The number of aliphatic hydroxyl groups is 3. The number of ether oxygens (including phenoxy) is 5. The molecule has 17 atom stereocenters. The van der Waals surface area contributed by atoms with Crippen LogP contribution in [-0.2, 0) is 56.5 Å². The number of esters is 1. The molecular weight excluding hydrogens is 1070 g/mol. The molecule has 0 radical (unpaired) electrons. The number of Topliss-reactive ketones (excluding diaryl/α,β-unsaturated/α-hetero) is 3. The minimum atomic E-state index is -2.51. The number of aliphatic hydroxyl groups excluding tert-OH is 2. The molecule has 1 saturated carbocycles. The predicted octanol–water partition coefficient (Wildman–Crippen LogP) is 10.4. The van der Waals surface area contributed by atoms with Crippen LogP contribution in [0.3, 0.4) is 0 Å². The first-order chi connectivity index (χ1) is 38.3. The third-order valence-electron chi connectivity index (χ3n) is 19.5. The summed E-state index contributed by atoms with van der Waals surface area (Å²) in [6.45, 7) is 26.0. The zero-order chi connectivity index (χ0) is 60.6. The Morgan fingerprint density at radius 1 is 0.704 bits per heavy atom. The molecule has 1 aliphatic carbocycles. The minimum absolute atomic E-state index is 0.00894. The number of allylic oxidation sites excluding steroid dienone is 2. The lowest BCUT2D eigenvalue weighted by molar-refractivity contribution is -0.265. The fraction of sp³-hybridized carbons (Fsp3) is 0.825. The summed E-state index contributed by atoms with van der Waals surface area (Å²) in [5.41, 5.74) is 1.26. The van der Waals surface area contributed by atoms with Gasteiger partial charge >= 0.3 is 5.97 Å². The number of hydrogen-bond acceptors (Lipinski definition) is 15. The number of nitrogens with zero attached hydrogens (tertiary/aromatic N) is 1. The highest BCUT2D eigenvalue weighted by molar-refractivity contribution is 6.74. The molecule has 0 spiro atoms. The highest BCUT2D eigenvalue weighted by Gasteiger charge is 2.53. The second kappa shape index (κ2) is 32.7. The molecule has 1 amide bonds. The SMILES string of the molecule is CC[Si](CC)(CC)O[C@@H]1C(C)=C[C@@H](C)C(=O)C[C@@H]([C@H](C)C[C@@H]2CC[C@@H](O[Si](CC)(CC)CC)[C@H](OC)C2)OC(=O)[C@@H]2CCCCN2C(=O)C(=O)[C@]2(O)O[C@@H](CC[C@H]2C)C[C@H](OC)/C(C)=C/[C@@H](O)[C@H](O)/C=C/[C@@H](C)C[C@@H](C)C(=O)[C@@H]1OC. The summed E-state index contributed by atoms with van der Waals surface area (Å²) in [7, 11) is 0.415. The van der Waals surface area contributed by atoms with Crippen molar-refractivity contribution in [1.82, 2.24) is 4.90 Å². The maximum atomic E-state index is 14.9. The van der Waals surface area contributed by atoms with Crippen LogP contribution in [0.5, 0.6) is 0 Å². The van der Waals surface area contributed by atoms with E-state index in [-0.39, 0.29) is 67.3 Å². The number of rotatable bonds is 16. The van der Waals surface area contributed by atoms with Gasteiger partial charge in [-0.3, -0.25) is 19.2 Å². The Labute approximate surface area is 489 Å². The Kier molecular flexibility index (Phi) is 28.5. The van der Waals surface area contributed by atoms with Crippen LogP contribution >= 0.6 is 0 Å². The molecule has 0 aromatic heterocycles. The number of carbonyl (C=O) groups is 5. The molecule has 2 saturated heterocycles. The average molecular weight is 1180 g/mol. The van der Waals surface area contributed by atoms with Gasteiger partial charge in [-0.1, -0.05) is 100 Å². The van der Waals surface area contributed by atoms with Crippen LogP contribution in [-0.4, -0.2) is 161 Å². The molecule has 464 valence electrons. The average Bonchev–Trinajstić information content (AvgIpc) is 3.56. The lowest BCUT2D eigenvalue weighted by atomic mass is 9.78. The van der Waals surface area contributed by atoms with Crippen LogP contribution in [0.15, 0.2) is 35.5 Å². The van der Waals surface area contributed by atoms with Crippen molar-refractivity contribution in [2.45, 2.75) is 270 Å². The summed E-state index contributed by atoms with van der Waals surface area (Å²) in [6.07, 6.45) is 5.47. The van der Waals surface area contributed by atoms with E-state index < -0.39 is 107 Å². The van der Waals surface area contributed by atoms with Crippen LogP contribution in [0.4, 0.5) is 0 Å². The number of carbonyl (C=O) groups excluding carboxylic acids is 5. The molecule has 81 heavy (non-hydrogen) atoms. The van der Waals surface area contributed by atoms with Crippen LogP contribution in [0.2, 0.25) is 36.3 Å². The zero-order valence-corrected chi connectivity index (χ0v) is 54.7. The van der Waals surface area contributed by atoms with Crippen molar-refractivity contribution in [3.05, 3.63) is 35.5 Å². The third-order valence-corrected chi connectivity index (χ3v) is 28.8. The maximum absolute atomic E-state index is 14.9. The van der Waals surface area contributed by atoms with Crippen LogP contribution in [0, 0.1) is 35.5 Å². The van der Waals surface area contributed by atoms with Crippen molar-refractivity contribution < 1.29 is 71.8 Å². The molecule has 16 nitrogen and oxygen atoms in total. The zero-order valence-electron chi connectivity index (χ0n) is 52.7. The van der Waals surface area contributed by atoms with Crippen LogP contribution in [0.25, 0.3) is 0 Å². The molecule has 3 heterocycles. The quantitative estimate of drug-likeness (QED) is 0.0567. The van der Waals surface area contributed by atoms with E-state index in [4.69, 9.17) is 32.5 Å². The standard InChI is InChI=1S/C63H109NO15Si2/c1-17-80(18-2,19-3)78-53-31-28-47(37-56(53)74-15)35-42(9)55-39-51(66)41(8)34-45(12)58(79-81(20-4,21-5)22-6)59(75-16)57(68)44(11)33-40(7)26-30-50(65)52(67)36-43(10)54(73-14)38-48-29-27-46(13)63(72,77-48)60(69)61(70)64-32-24-23-25-49(64)62(71)76-55/h26,30,34,36,40-42,44,46-50,52-56,58-59,65,67,72H,17-25,27-29,31-33,35,37-39H2,1-16H3/b30-26+,43-36+,45-34?/t40-,41-,42-,44-,46-,47+,48+,49+,50-,52-,53-,54+,55+,56-,58-,59+,63-/m1/s1. The third kappa shape index (κ3) is 18.4. The first-order valence-electron chi connectivity index (χ1n) is 31.2. The van der Waals surface area contributed by atoms with Gasteiger partial charge in [0.2, 0.25) is 5.79 Å². The summed E-state index contributed by atoms with van der Waals surface area (Å²) < 4.78 is 45.0. The molecular formula is C63H109NO15Si2. The summed E-state index contributed by atoms with van der Waals surface area (Å²) in [5.74, 6) is -8.07. The van der Waals surface area contributed by atoms with E-state index in [9.17, 15) is 39.3 Å². The van der Waals surface area contributed by atoms with Gasteiger partial charge < -0.3 is 52.8 Å². The number of amides is 1. The molecule has 3 fully saturated rings. The van der Waals surface area contributed by atoms with Crippen LogP contribution < -0.4 is 0 Å². The Bertz CT molecular complexity index is 2110. The molecule has 3 N–H and O–H groups in total. The van der Waals surface area contributed by atoms with Gasteiger partial charge in [-0.2, -0.15) is 0 Å². The van der Waals surface area contributed by atoms with E-state index in [1.807, 2.05) is 40.7 Å². The topological polar surface area (TPSA) is 214 Å². The van der Waals surface area contributed by atoms with E-state index in [2.05, 4.69) is 41.5 Å². The van der Waals surface area contributed by atoms with Crippen molar-refractivity contribution in [1.29, 1.82) is 0 Å². The molecule has 3 aliphatic heterocycles. The molecule has 0 aromatic rings. The van der Waals surface area contributed by atoms with E-state index in [1.165, 1.54) is 31.3 Å². The van der Waals surface area contributed by atoms with E-state index in [0.717, 1.165) is 55.5 Å². The Balaban J connectivity index is 1.81. The maximum Gasteiger partial charge on any atom is 0.329 e.